The summed E-state index contributed by atoms with van der Waals surface area (Å²) in [5, 5.41) is 4.62. The summed E-state index contributed by atoms with van der Waals surface area (Å²) < 4.78 is 77.4. The molecule has 8 nitrogen and oxygen atoms in total. The number of urea groups is 1. The third-order valence-electron chi connectivity index (χ3n) is 6.09. The molecule has 2 amide bonds. The molecule has 5 rings (SSSR count). The zero-order valence-electron chi connectivity index (χ0n) is 21.0. The minimum Gasteiger partial charge on any atom is -0.485 e. The van der Waals surface area contributed by atoms with Crippen molar-refractivity contribution in [1.29, 1.82) is 0 Å². The van der Waals surface area contributed by atoms with Crippen molar-refractivity contribution in [2.24, 2.45) is 0 Å². The van der Waals surface area contributed by atoms with Gasteiger partial charge in [-0.25, -0.2) is 14.2 Å². The molecule has 1 saturated heterocycles. The number of ether oxygens (including phenoxy) is 4. The Balaban J connectivity index is 1.28. The van der Waals surface area contributed by atoms with Gasteiger partial charge in [0.15, 0.2) is 11.4 Å². The molecule has 0 spiro atoms. The third-order valence-corrected chi connectivity index (χ3v) is 6.09. The van der Waals surface area contributed by atoms with Crippen LogP contribution in [0.25, 0.3) is 11.1 Å². The van der Waals surface area contributed by atoms with E-state index in [2.05, 4.69) is 15.6 Å². The van der Waals surface area contributed by atoms with Gasteiger partial charge in [-0.1, -0.05) is 6.07 Å². The lowest BCUT2D eigenvalue weighted by molar-refractivity contribution is -0.160. The van der Waals surface area contributed by atoms with Crippen LogP contribution in [0.2, 0.25) is 0 Å². The molecule has 206 valence electrons. The summed E-state index contributed by atoms with van der Waals surface area (Å²) in [6, 6.07) is 8.05. The first-order valence-corrected chi connectivity index (χ1v) is 12.1. The Morgan fingerprint density at radius 3 is 2.44 bits per heavy atom. The first kappa shape index (κ1) is 26.5. The third kappa shape index (κ3) is 6.17. The maximum Gasteiger partial charge on any atom is 0.420 e. The van der Waals surface area contributed by atoms with E-state index >= 15 is 0 Å². The first-order chi connectivity index (χ1) is 18.5. The van der Waals surface area contributed by atoms with Crippen molar-refractivity contribution in [3.05, 3.63) is 60.0 Å². The molecular formula is C27H25F4N3O5. The summed E-state index contributed by atoms with van der Waals surface area (Å²) in [6.45, 7) is 1.98. The van der Waals surface area contributed by atoms with Gasteiger partial charge < -0.3 is 29.6 Å². The van der Waals surface area contributed by atoms with Gasteiger partial charge in [0, 0.05) is 17.4 Å². The first-order valence-electron chi connectivity index (χ1n) is 12.1. The van der Waals surface area contributed by atoms with Crippen LogP contribution in [0.15, 0.2) is 48.7 Å². The molecule has 2 aliphatic rings. The molecule has 1 aromatic heterocycles. The second kappa shape index (κ2) is 10.3. The molecule has 1 saturated carbocycles. The van der Waals surface area contributed by atoms with Crippen LogP contribution < -0.4 is 24.8 Å². The predicted octanol–water partition coefficient (Wildman–Crippen LogP) is 6.27. The summed E-state index contributed by atoms with van der Waals surface area (Å²) in [7, 11) is 1.48. The molecule has 1 aliphatic carbocycles. The number of hydrogen-bond acceptors (Lipinski definition) is 6. The molecule has 0 atom stereocenters. The molecule has 2 N–H and O–H groups in total. The number of halogens is 4. The van der Waals surface area contributed by atoms with Gasteiger partial charge in [0.2, 0.25) is 0 Å². The minimum atomic E-state index is -4.73. The van der Waals surface area contributed by atoms with Gasteiger partial charge in [-0.15, -0.1) is 0 Å². The number of rotatable bonds is 8. The Morgan fingerprint density at radius 2 is 1.82 bits per heavy atom. The van der Waals surface area contributed by atoms with E-state index in [0.717, 1.165) is 25.0 Å². The van der Waals surface area contributed by atoms with Crippen molar-refractivity contribution >= 4 is 17.4 Å². The molecule has 2 fully saturated rings. The topological polar surface area (TPSA) is 90.9 Å². The van der Waals surface area contributed by atoms with Crippen molar-refractivity contribution in [3.8, 4) is 28.5 Å². The second-order valence-corrected chi connectivity index (χ2v) is 9.58. The van der Waals surface area contributed by atoms with Crippen LogP contribution in [0.3, 0.4) is 0 Å². The van der Waals surface area contributed by atoms with Crippen molar-refractivity contribution in [2.75, 3.05) is 31.0 Å². The molecular weight excluding hydrogens is 522 g/mol. The average Bonchev–Trinajstić information content (AvgIpc) is 3.68. The fourth-order valence-corrected chi connectivity index (χ4v) is 3.91. The number of anilines is 2. The second-order valence-electron chi connectivity index (χ2n) is 9.58. The smallest absolute Gasteiger partial charge is 0.420 e. The molecule has 1 aliphatic heterocycles. The number of carbonyl (C=O) groups is 1. The van der Waals surface area contributed by atoms with E-state index in [1.807, 2.05) is 0 Å². The number of amides is 2. The van der Waals surface area contributed by atoms with Crippen LogP contribution in [-0.2, 0) is 10.9 Å². The lowest BCUT2D eigenvalue weighted by Gasteiger charge is -2.38. The number of aromatic nitrogens is 1. The van der Waals surface area contributed by atoms with Crippen molar-refractivity contribution < 1.29 is 41.3 Å². The maximum absolute atomic E-state index is 14.9. The van der Waals surface area contributed by atoms with Gasteiger partial charge in [0.1, 0.15) is 11.6 Å². The lowest BCUT2D eigenvalue weighted by atomic mass is 10.0. The Kier molecular flexibility index (Phi) is 6.98. The number of methoxy groups -OCH3 is 1. The van der Waals surface area contributed by atoms with Gasteiger partial charge in [-0.2, -0.15) is 13.2 Å². The van der Waals surface area contributed by atoms with Crippen LogP contribution in [0, 0.1) is 5.82 Å². The lowest BCUT2D eigenvalue weighted by Crippen LogP contribution is -2.51. The van der Waals surface area contributed by atoms with E-state index < -0.39 is 29.2 Å². The fraction of sp³-hybridized carbons (Fsp3) is 0.333. The molecule has 2 aromatic carbocycles. The van der Waals surface area contributed by atoms with Gasteiger partial charge in [-0.05, 0) is 61.7 Å². The number of nitrogens with zero attached hydrogens (tertiary/aromatic N) is 1. The van der Waals surface area contributed by atoms with Crippen LogP contribution >= 0.6 is 0 Å². The van der Waals surface area contributed by atoms with Crippen LogP contribution in [0.1, 0.15) is 25.3 Å². The zero-order chi connectivity index (χ0) is 27.8. The van der Waals surface area contributed by atoms with E-state index in [1.165, 1.54) is 31.5 Å². The van der Waals surface area contributed by atoms with Crippen LogP contribution in [0.5, 0.6) is 17.4 Å². The summed E-state index contributed by atoms with van der Waals surface area (Å²) in [6.07, 6.45) is -1.23. The molecule has 0 bridgehead atoms. The van der Waals surface area contributed by atoms with Gasteiger partial charge in [-0.3, -0.25) is 0 Å². The quantitative estimate of drug-likeness (QED) is 0.323. The fourth-order valence-electron chi connectivity index (χ4n) is 3.91. The summed E-state index contributed by atoms with van der Waals surface area (Å²) in [4.78, 5) is 16.7. The highest BCUT2D eigenvalue weighted by atomic mass is 19.4. The summed E-state index contributed by atoms with van der Waals surface area (Å²) in [5.74, 6) is -0.358. The number of nitrogens with one attached hydrogen (secondary N) is 2. The Labute approximate surface area is 221 Å². The normalized spacial score (nSPS) is 16.2. The number of pyridine rings is 1. The highest BCUT2D eigenvalue weighted by molar-refractivity contribution is 6.00. The van der Waals surface area contributed by atoms with E-state index in [-0.39, 0.29) is 36.4 Å². The average molecular weight is 548 g/mol. The number of benzene rings is 2. The molecule has 0 radical (unpaired) electrons. The molecule has 12 heteroatoms. The molecule has 0 unspecified atom stereocenters. The summed E-state index contributed by atoms with van der Waals surface area (Å²) in [5.41, 5.74) is -1.17. The standard InChI is InChI=1S/C27H25F4N3O5/c1-26(13-37-14-26)39-22-8-4-17(11-19(22)27(29,30)31)33-25(35)34-21-7-3-15(9-20(21)28)16-10-23(38-18-5-6-18)24(36-2)32-12-16/h3-4,7-12,18H,5-6,13-14H2,1-2H3,(H2,33,34,35). The SMILES string of the molecule is COc1ncc(-c2ccc(NC(=O)Nc3ccc(OC4(C)COC4)c(C(F)(F)F)c3)c(F)c2)cc1OC1CC1. The van der Waals surface area contributed by atoms with Crippen molar-refractivity contribution in [2.45, 2.75) is 37.6 Å². The highest BCUT2D eigenvalue weighted by Gasteiger charge is 2.40. The molecule has 2 heterocycles. The zero-order valence-corrected chi connectivity index (χ0v) is 21.0. The van der Waals surface area contributed by atoms with Crippen molar-refractivity contribution in [1.82, 2.24) is 4.98 Å². The summed E-state index contributed by atoms with van der Waals surface area (Å²) >= 11 is 0. The van der Waals surface area contributed by atoms with Gasteiger partial charge in [0.25, 0.3) is 5.88 Å². The van der Waals surface area contributed by atoms with E-state index in [1.54, 1.807) is 19.1 Å². The maximum atomic E-state index is 14.9. The molecule has 39 heavy (non-hydrogen) atoms. The number of hydrogen-bond donors (Lipinski definition) is 2. The van der Waals surface area contributed by atoms with E-state index in [0.29, 0.717) is 22.8 Å². The Morgan fingerprint density at radius 1 is 1.05 bits per heavy atom. The largest absolute Gasteiger partial charge is 0.485 e. The molecule has 3 aromatic rings. The highest BCUT2D eigenvalue weighted by Crippen LogP contribution is 2.40. The number of alkyl halides is 3. The monoisotopic (exact) mass is 547 g/mol. The minimum absolute atomic E-state index is 0.106. The Hall–Kier alpha value is -4.06. The van der Waals surface area contributed by atoms with Gasteiger partial charge in [0.05, 0.1) is 37.7 Å². The van der Waals surface area contributed by atoms with E-state index in [9.17, 15) is 22.4 Å². The van der Waals surface area contributed by atoms with Crippen molar-refractivity contribution in [3.63, 3.8) is 0 Å². The van der Waals surface area contributed by atoms with Crippen LogP contribution in [-0.4, -0.2) is 43.0 Å². The van der Waals surface area contributed by atoms with Gasteiger partial charge >= 0.3 is 12.2 Å². The Bertz CT molecular complexity index is 1390. The number of carbonyl (C=O) groups excluding carboxylic acids is 1. The predicted molar refractivity (Wildman–Crippen MR) is 134 cm³/mol. The van der Waals surface area contributed by atoms with E-state index in [4.69, 9.17) is 18.9 Å². The van der Waals surface area contributed by atoms with Crippen LogP contribution in [0.4, 0.5) is 33.7 Å².